The molecule has 5 nitrogen and oxygen atoms in total. The minimum atomic E-state index is -0.688. The number of ether oxygens (including phenoxy) is 1. The number of carbonyl (C=O) groups excluding carboxylic acids is 1. The van der Waals surface area contributed by atoms with E-state index in [-0.39, 0.29) is 18.6 Å². The zero-order chi connectivity index (χ0) is 15.9. The topological polar surface area (TPSA) is 78.8 Å². The molecule has 0 fully saturated rings. The van der Waals surface area contributed by atoms with Crippen LogP contribution >= 0.6 is 0 Å². The van der Waals surface area contributed by atoms with Crippen molar-refractivity contribution in [2.45, 2.75) is 72.1 Å². The van der Waals surface area contributed by atoms with Crippen molar-refractivity contribution >= 4 is 6.09 Å². The third-order valence-electron chi connectivity index (χ3n) is 2.85. The normalized spacial score (nSPS) is 16.6. The summed E-state index contributed by atoms with van der Waals surface area (Å²) in [5.74, 6) is 0.342. The Kier molecular flexibility index (Phi) is 8.13. The number of hydrogen-bond donors (Lipinski definition) is 3. The first kappa shape index (κ1) is 19.2. The maximum atomic E-state index is 11.8. The van der Waals surface area contributed by atoms with Gasteiger partial charge in [0.25, 0.3) is 0 Å². The maximum Gasteiger partial charge on any atom is 0.407 e. The molecule has 0 aliphatic carbocycles. The predicted molar refractivity (Wildman–Crippen MR) is 79.5 cm³/mol. The monoisotopic (exact) mass is 289 g/mol. The van der Waals surface area contributed by atoms with Crippen molar-refractivity contribution in [1.29, 1.82) is 0 Å². The molecule has 3 atom stereocenters. The fraction of sp³-hybridized carbons (Fsp3) is 0.933. The Bertz CT molecular complexity index is 286. The van der Waals surface area contributed by atoms with E-state index in [1.807, 2.05) is 20.8 Å². The Balaban J connectivity index is 4.59. The quantitative estimate of drug-likeness (QED) is 0.672. The molecule has 0 aromatic carbocycles. The third kappa shape index (κ3) is 9.15. The summed E-state index contributed by atoms with van der Waals surface area (Å²) in [6.07, 6.45) is -0.0895. The second-order valence-corrected chi connectivity index (χ2v) is 6.97. The lowest BCUT2D eigenvalue weighted by Crippen LogP contribution is -2.46. The second-order valence-electron chi connectivity index (χ2n) is 6.97. The van der Waals surface area contributed by atoms with Crippen molar-refractivity contribution in [3.05, 3.63) is 0 Å². The summed E-state index contributed by atoms with van der Waals surface area (Å²) >= 11 is 0. The van der Waals surface area contributed by atoms with Gasteiger partial charge in [-0.2, -0.15) is 0 Å². The number of alkyl carbamates (subject to hydrolysis) is 1. The zero-order valence-electron chi connectivity index (χ0n) is 13.6. The zero-order valence-corrected chi connectivity index (χ0v) is 13.6. The van der Waals surface area contributed by atoms with Gasteiger partial charge in [-0.15, -0.1) is 0 Å². The van der Waals surface area contributed by atoms with E-state index in [4.69, 9.17) is 9.84 Å². The van der Waals surface area contributed by atoms with Gasteiger partial charge in [0.15, 0.2) is 0 Å². The summed E-state index contributed by atoms with van der Waals surface area (Å²) in [6.45, 7) is 11.4. The molecular weight excluding hydrogens is 258 g/mol. The van der Waals surface area contributed by atoms with E-state index in [1.165, 1.54) is 0 Å². The lowest BCUT2D eigenvalue weighted by molar-refractivity contribution is 0.0355. The molecule has 0 saturated heterocycles. The van der Waals surface area contributed by atoms with Crippen LogP contribution in [0.2, 0.25) is 0 Å². The molecule has 0 spiro atoms. The van der Waals surface area contributed by atoms with E-state index in [1.54, 1.807) is 20.8 Å². The Morgan fingerprint density at radius 3 is 2.15 bits per heavy atom. The number of aliphatic hydroxyl groups is 2. The summed E-state index contributed by atoms with van der Waals surface area (Å²) < 4.78 is 5.22. The van der Waals surface area contributed by atoms with Crippen molar-refractivity contribution in [2.24, 2.45) is 11.8 Å². The van der Waals surface area contributed by atoms with Gasteiger partial charge in [-0.25, -0.2) is 4.79 Å². The van der Waals surface area contributed by atoms with Crippen LogP contribution in [0.1, 0.15) is 54.4 Å². The highest BCUT2D eigenvalue weighted by molar-refractivity contribution is 5.68. The molecule has 120 valence electrons. The van der Waals surface area contributed by atoms with Crippen LogP contribution in [0.4, 0.5) is 4.79 Å². The summed E-state index contributed by atoms with van der Waals surface area (Å²) in [5.41, 5.74) is -0.560. The Morgan fingerprint density at radius 2 is 1.75 bits per heavy atom. The highest BCUT2D eigenvalue weighted by Crippen LogP contribution is 2.16. The largest absolute Gasteiger partial charge is 0.444 e. The van der Waals surface area contributed by atoms with E-state index in [0.717, 1.165) is 0 Å². The highest BCUT2D eigenvalue weighted by atomic mass is 16.6. The van der Waals surface area contributed by atoms with Crippen molar-refractivity contribution in [3.8, 4) is 0 Å². The van der Waals surface area contributed by atoms with Gasteiger partial charge in [0.05, 0.1) is 12.1 Å². The average Bonchev–Trinajstić information content (AvgIpc) is 2.24. The number of aliphatic hydroxyl groups excluding tert-OH is 2. The number of nitrogens with one attached hydrogen (secondary N) is 1. The molecule has 20 heavy (non-hydrogen) atoms. The van der Waals surface area contributed by atoms with Gasteiger partial charge >= 0.3 is 6.09 Å². The summed E-state index contributed by atoms with van der Waals surface area (Å²) in [5, 5.41) is 22.0. The molecule has 0 unspecified atom stereocenters. The van der Waals surface area contributed by atoms with Gasteiger partial charge in [-0.3, -0.25) is 0 Å². The molecule has 0 bridgehead atoms. The minimum Gasteiger partial charge on any atom is -0.444 e. The smallest absolute Gasteiger partial charge is 0.407 e. The van der Waals surface area contributed by atoms with Gasteiger partial charge in [0.1, 0.15) is 5.60 Å². The van der Waals surface area contributed by atoms with Crippen LogP contribution in [0.15, 0.2) is 0 Å². The molecule has 0 heterocycles. The molecule has 0 aromatic heterocycles. The first-order chi connectivity index (χ1) is 9.05. The van der Waals surface area contributed by atoms with Crippen molar-refractivity contribution in [3.63, 3.8) is 0 Å². The molecular formula is C15H31NO4. The molecule has 0 rings (SSSR count). The maximum absolute atomic E-state index is 11.8. The van der Waals surface area contributed by atoms with E-state index in [9.17, 15) is 9.90 Å². The van der Waals surface area contributed by atoms with Crippen LogP contribution in [0, 0.1) is 11.8 Å². The Morgan fingerprint density at radius 1 is 1.20 bits per heavy atom. The van der Waals surface area contributed by atoms with Gasteiger partial charge in [-0.05, 0) is 45.4 Å². The van der Waals surface area contributed by atoms with Gasteiger partial charge in [0, 0.05) is 6.61 Å². The SMILES string of the molecule is CC(C)C[C@H](NC(=O)OC(C)(C)C)[C@@H](O)C[C@@H](C)CO. The molecule has 0 saturated carbocycles. The summed E-state index contributed by atoms with van der Waals surface area (Å²) in [6, 6.07) is -0.362. The van der Waals surface area contributed by atoms with E-state index < -0.39 is 17.8 Å². The number of amides is 1. The van der Waals surface area contributed by atoms with E-state index in [2.05, 4.69) is 5.32 Å². The first-order valence-electron chi connectivity index (χ1n) is 7.33. The average molecular weight is 289 g/mol. The van der Waals surface area contributed by atoms with Gasteiger partial charge in [0.2, 0.25) is 0 Å². The molecule has 0 radical (unpaired) electrons. The fourth-order valence-corrected chi connectivity index (χ4v) is 1.93. The lowest BCUT2D eigenvalue weighted by Gasteiger charge is -2.28. The summed E-state index contributed by atoms with van der Waals surface area (Å²) in [4.78, 5) is 11.8. The van der Waals surface area contributed by atoms with Crippen molar-refractivity contribution in [2.75, 3.05) is 6.61 Å². The number of rotatable bonds is 7. The lowest BCUT2D eigenvalue weighted by atomic mass is 9.93. The first-order valence-corrected chi connectivity index (χ1v) is 7.33. The van der Waals surface area contributed by atoms with Gasteiger partial charge in [-0.1, -0.05) is 20.8 Å². The van der Waals surface area contributed by atoms with Crippen LogP contribution in [0.25, 0.3) is 0 Å². The molecule has 5 heteroatoms. The van der Waals surface area contributed by atoms with Crippen molar-refractivity contribution in [1.82, 2.24) is 5.32 Å². The number of hydrogen-bond acceptors (Lipinski definition) is 4. The Labute approximate surface area is 122 Å². The highest BCUT2D eigenvalue weighted by Gasteiger charge is 2.26. The van der Waals surface area contributed by atoms with Gasteiger partial charge < -0.3 is 20.3 Å². The second kappa shape index (κ2) is 8.47. The van der Waals surface area contributed by atoms with Crippen molar-refractivity contribution < 1.29 is 19.7 Å². The standard InChI is InChI=1S/C15H31NO4/c1-10(2)7-12(13(18)8-11(3)9-17)16-14(19)20-15(4,5)6/h10-13,17-18H,7-9H2,1-6H3,(H,16,19)/t11-,12+,13+/m1/s1. The molecule has 1 amide bonds. The Hall–Kier alpha value is -0.810. The van der Waals surface area contributed by atoms with Crippen LogP contribution in [0.5, 0.6) is 0 Å². The molecule has 0 aromatic rings. The van der Waals surface area contributed by atoms with Crippen LogP contribution in [-0.2, 0) is 4.74 Å². The molecule has 0 aliphatic rings. The van der Waals surface area contributed by atoms with Crippen LogP contribution in [0.3, 0.4) is 0 Å². The van der Waals surface area contributed by atoms with Crippen LogP contribution in [-0.4, -0.2) is 40.7 Å². The van der Waals surface area contributed by atoms with E-state index >= 15 is 0 Å². The molecule has 0 aliphatic heterocycles. The third-order valence-corrected chi connectivity index (χ3v) is 2.85. The predicted octanol–water partition coefficient (Wildman–Crippen LogP) is 2.31. The minimum absolute atomic E-state index is 0.0000915. The summed E-state index contributed by atoms with van der Waals surface area (Å²) in [7, 11) is 0. The van der Waals surface area contributed by atoms with E-state index in [0.29, 0.717) is 18.8 Å². The molecule has 3 N–H and O–H groups in total. The van der Waals surface area contributed by atoms with Crippen LogP contribution < -0.4 is 5.32 Å². The fourth-order valence-electron chi connectivity index (χ4n) is 1.93. The number of carbonyl (C=O) groups is 1.